The molecular formula is C27H32N2O. The van der Waals surface area contributed by atoms with Crippen molar-refractivity contribution in [1.82, 2.24) is 9.97 Å². The molecule has 0 spiro atoms. The minimum absolute atomic E-state index is 0.300. The summed E-state index contributed by atoms with van der Waals surface area (Å²) in [6, 6.07) is 12.1. The van der Waals surface area contributed by atoms with Gasteiger partial charge in [0.1, 0.15) is 0 Å². The molecule has 0 fully saturated rings. The molecule has 0 aliphatic carbocycles. The zero-order valence-electron chi connectivity index (χ0n) is 18.7. The van der Waals surface area contributed by atoms with Crippen molar-refractivity contribution in [3.05, 3.63) is 89.9 Å². The van der Waals surface area contributed by atoms with E-state index in [2.05, 4.69) is 42.5 Å². The van der Waals surface area contributed by atoms with Gasteiger partial charge in [-0.25, -0.2) is 0 Å². The highest BCUT2D eigenvalue weighted by Gasteiger charge is 2.14. The predicted molar refractivity (Wildman–Crippen MR) is 130 cm³/mol. The molecule has 1 aromatic carbocycles. The number of nitrogens with one attached hydrogen (secondary N) is 1. The van der Waals surface area contributed by atoms with Gasteiger partial charge < -0.3 is 4.98 Å². The fourth-order valence-electron chi connectivity index (χ4n) is 3.26. The number of hydrogen-bond acceptors (Lipinski definition) is 2. The minimum atomic E-state index is 0.300. The summed E-state index contributed by atoms with van der Waals surface area (Å²) >= 11 is 0. The minimum Gasteiger partial charge on any atom is -0.358 e. The highest BCUT2D eigenvalue weighted by molar-refractivity contribution is 5.90. The number of hydrogen-bond donors (Lipinski definition) is 1. The maximum absolute atomic E-state index is 11.5. The highest BCUT2D eigenvalue weighted by Crippen LogP contribution is 2.28. The smallest absolute Gasteiger partial charge is 0.151 e. The van der Waals surface area contributed by atoms with Crippen LogP contribution >= 0.6 is 0 Å². The third kappa shape index (κ3) is 5.24. The van der Waals surface area contributed by atoms with Crippen molar-refractivity contribution in [3.8, 4) is 0 Å². The fourth-order valence-corrected chi connectivity index (χ4v) is 3.26. The Bertz CT molecular complexity index is 1070. The number of pyridine rings is 1. The molecule has 1 atom stereocenters. The van der Waals surface area contributed by atoms with E-state index in [1.165, 1.54) is 0 Å². The number of allylic oxidation sites excluding steroid dienone is 5. The first kappa shape index (κ1) is 23.1. The number of carbonyl (C=O) groups excluding carboxylic acids is 1. The van der Waals surface area contributed by atoms with Gasteiger partial charge in [0.15, 0.2) is 6.29 Å². The van der Waals surface area contributed by atoms with Gasteiger partial charge in [-0.05, 0) is 54.7 Å². The van der Waals surface area contributed by atoms with Crippen LogP contribution in [-0.2, 0) is 0 Å². The normalized spacial score (nSPS) is 12.5. The van der Waals surface area contributed by atoms with Gasteiger partial charge in [-0.2, -0.15) is 0 Å². The number of benzene rings is 1. The van der Waals surface area contributed by atoms with Crippen LogP contribution in [0.25, 0.3) is 22.0 Å². The highest BCUT2D eigenvalue weighted by atomic mass is 16.1. The number of fused-ring (bicyclic) bond motifs is 1. The number of para-hydroxylation sites is 1. The third-order valence-electron chi connectivity index (χ3n) is 5.06. The fraction of sp³-hybridized carbons (Fsp3) is 0.259. The molecule has 3 heteroatoms. The second-order valence-corrected chi connectivity index (χ2v) is 7.02. The molecule has 0 bridgehead atoms. The molecule has 3 aromatic rings. The lowest BCUT2D eigenvalue weighted by atomic mass is 10.0. The maximum atomic E-state index is 11.5. The van der Waals surface area contributed by atoms with Crippen LogP contribution in [-0.4, -0.2) is 16.3 Å². The van der Waals surface area contributed by atoms with Gasteiger partial charge in [0.2, 0.25) is 0 Å². The lowest BCUT2D eigenvalue weighted by Gasteiger charge is -2.08. The molecule has 1 N–H and O–H groups in total. The number of aromatic amines is 1. The van der Waals surface area contributed by atoms with E-state index in [1.54, 1.807) is 0 Å². The monoisotopic (exact) mass is 400 g/mol. The van der Waals surface area contributed by atoms with Gasteiger partial charge >= 0.3 is 0 Å². The number of aromatic nitrogens is 2. The van der Waals surface area contributed by atoms with Crippen LogP contribution < -0.4 is 0 Å². The van der Waals surface area contributed by atoms with E-state index in [9.17, 15) is 4.79 Å². The van der Waals surface area contributed by atoms with Gasteiger partial charge in [-0.15, -0.1) is 0 Å². The molecular weight excluding hydrogens is 368 g/mol. The van der Waals surface area contributed by atoms with E-state index in [4.69, 9.17) is 0 Å². The molecule has 1 unspecified atom stereocenters. The molecule has 2 heterocycles. The summed E-state index contributed by atoms with van der Waals surface area (Å²) in [6.45, 7) is 14.5. The Morgan fingerprint density at radius 2 is 1.97 bits per heavy atom. The summed E-state index contributed by atoms with van der Waals surface area (Å²) in [5.41, 5.74) is 6.43. The van der Waals surface area contributed by atoms with E-state index < -0.39 is 0 Å². The Morgan fingerprint density at radius 3 is 2.63 bits per heavy atom. The molecule has 0 aliphatic heterocycles. The van der Waals surface area contributed by atoms with Gasteiger partial charge in [-0.3, -0.25) is 9.78 Å². The molecule has 3 rings (SSSR count). The molecule has 0 radical (unpaired) electrons. The summed E-state index contributed by atoms with van der Waals surface area (Å²) in [5.74, 6) is 0.300. The topological polar surface area (TPSA) is 45.8 Å². The summed E-state index contributed by atoms with van der Waals surface area (Å²) in [4.78, 5) is 19.5. The van der Waals surface area contributed by atoms with E-state index in [-0.39, 0.29) is 0 Å². The Kier molecular flexibility index (Phi) is 8.54. The molecule has 156 valence electrons. The standard InChI is InChI=1S/C25H26N2O.C2H6/c1-5-9-19(24-14-22(16-28)25(27-24)17(3)6-2)12-18(4)21-13-20-10-7-8-11-23(20)26-15-21;1-2/h5,7-17,27H,4,6H2,1-3H3;1-2H3/b9-5-,19-12+;. The van der Waals surface area contributed by atoms with Crippen molar-refractivity contribution in [2.45, 2.75) is 47.0 Å². The number of rotatable bonds is 7. The average Bonchev–Trinajstić information content (AvgIpc) is 3.23. The molecule has 2 aromatic heterocycles. The molecule has 0 amide bonds. The first-order valence-electron chi connectivity index (χ1n) is 10.6. The first-order chi connectivity index (χ1) is 14.6. The molecule has 30 heavy (non-hydrogen) atoms. The molecule has 0 saturated carbocycles. The van der Waals surface area contributed by atoms with Crippen LogP contribution in [0, 0.1) is 0 Å². The molecule has 0 saturated heterocycles. The zero-order chi connectivity index (χ0) is 22.1. The molecule has 3 nitrogen and oxygen atoms in total. The van der Waals surface area contributed by atoms with E-state index in [0.29, 0.717) is 5.92 Å². The molecule has 0 aliphatic rings. The number of carbonyl (C=O) groups is 1. The van der Waals surface area contributed by atoms with Crippen LogP contribution in [0.3, 0.4) is 0 Å². The summed E-state index contributed by atoms with van der Waals surface area (Å²) < 4.78 is 0. The predicted octanol–water partition coefficient (Wildman–Crippen LogP) is 7.59. The third-order valence-corrected chi connectivity index (χ3v) is 5.06. The van der Waals surface area contributed by atoms with Crippen molar-refractivity contribution in [2.75, 3.05) is 0 Å². The van der Waals surface area contributed by atoms with Crippen molar-refractivity contribution < 1.29 is 4.79 Å². The number of aldehydes is 1. The quantitative estimate of drug-likeness (QED) is 0.328. The van der Waals surface area contributed by atoms with Crippen LogP contribution in [0.1, 0.15) is 74.3 Å². The van der Waals surface area contributed by atoms with Gasteiger partial charge in [0.25, 0.3) is 0 Å². The number of nitrogens with zero attached hydrogens (tertiary/aromatic N) is 1. The first-order valence-corrected chi connectivity index (χ1v) is 10.6. The van der Waals surface area contributed by atoms with Crippen molar-refractivity contribution in [2.24, 2.45) is 0 Å². The van der Waals surface area contributed by atoms with Crippen LogP contribution in [0.15, 0.2) is 67.4 Å². The Morgan fingerprint density at radius 1 is 1.23 bits per heavy atom. The van der Waals surface area contributed by atoms with E-state index in [0.717, 1.165) is 57.3 Å². The second kappa shape index (κ2) is 11.1. The average molecular weight is 401 g/mol. The second-order valence-electron chi connectivity index (χ2n) is 7.02. The maximum Gasteiger partial charge on any atom is 0.151 e. The van der Waals surface area contributed by atoms with Crippen molar-refractivity contribution >= 4 is 28.3 Å². The largest absolute Gasteiger partial charge is 0.358 e. The Labute approximate surface area is 180 Å². The van der Waals surface area contributed by atoms with Gasteiger partial charge in [0.05, 0.1) is 5.52 Å². The lowest BCUT2D eigenvalue weighted by Crippen LogP contribution is -1.96. The Balaban J connectivity index is 0.00000155. The zero-order valence-corrected chi connectivity index (χ0v) is 18.7. The van der Waals surface area contributed by atoms with Crippen LogP contribution in [0.5, 0.6) is 0 Å². The Hall–Kier alpha value is -3.20. The van der Waals surface area contributed by atoms with Crippen LogP contribution in [0.4, 0.5) is 0 Å². The summed E-state index contributed by atoms with van der Waals surface area (Å²) in [5, 5.41) is 1.09. The summed E-state index contributed by atoms with van der Waals surface area (Å²) in [6.07, 6.45) is 9.80. The van der Waals surface area contributed by atoms with Crippen molar-refractivity contribution in [3.63, 3.8) is 0 Å². The van der Waals surface area contributed by atoms with Crippen LogP contribution in [0.2, 0.25) is 0 Å². The van der Waals surface area contributed by atoms with Crippen molar-refractivity contribution in [1.29, 1.82) is 0 Å². The SMILES string of the molecule is C=C(/C=C(\C=C/C)c1cc(C=O)c(C(C)CC)[nH]1)c1cnc2ccccc2c1.CC. The number of H-pyrrole nitrogens is 1. The van der Waals surface area contributed by atoms with Gasteiger partial charge in [-0.1, -0.05) is 64.6 Å². The lowest BCUT2D eigenvalue weighted by molar-refractivity contribution is 0.112. The summed E-state index contributed by atoms with van der Waals surface area (Å²) in [7, 11) is 0. The van der Waals surface area contributed by atoms with E-state index in [1.807, 2.05) is 69.5 Å². The van der Waals surface area contributed by atoms with Gasteiger partial charge in [0, 0.05) is 34.1 Å². The van der Waals surface area contributed by atoms with E-state index >= 15 is 0 Å².